The van der Waals surface area contributed by atoms with Crippen molar-refractivity contribution in [3.8, 4) is 0 Å². The van der Waals surface area contributed by atoms with E-state index < -0.39 is 11.7 Å². The predicted molar refractivity (Wildman–Crippen MR) is 74.1 cm³/mol. The van der Waals surface area contributed by atoms with Gasteiger partial charge in [0.1, 0.15) is 0 Å². The first kappa shape index (κ1) is 13.0. The summed E-state index contributed by atoms with van der Waals surface area (Å²) in [6.07, 6.45) is 2.45. The molecule has 1 fully saturated rings. The Bertz CT molecular complexity index is 555. The number of hydrogen-bond donors (Lipinski definition) is 1. The second-order valence-corrected chi connectivity index (χ2v) is 6.03. The van der Waals surface area contributed by atoms with Crippen molar-refractivity contribution in [3.63, 3.8) is 0 Å². The molecule has 100 valence electrons. The number of thioether (sulfide) groups is 1. The summed E-state index contributed by atoms with van der Waals surface area (Å²) in [6.45, 7) is 0.827. The minimum absolute atomic E-state index is 0.269. The van der Waals surface area contributed by atoms with Crippen LogP contribution in [0.4, 0.5) is 5.69 Å². The first-order chi connectivity index (χ1) is 9.15. The first-order valence-corrected chi connectivity index (χ1v) is 7.45. The maximum absolute atomic E-state index is 11.5. The van der Waals surface area contributed by atoms with Crippen molar-refractivity contribution in [2.45, 2.75) is 23.8 Å². The highest BCUT2D eigenvalue weighted by Gasteiger charge is 2.29. The fraction of sp³-hybridized carbons (Fsp3) is 0.385. The molecule has 3 rings (SSSR count). The summed E-state index contributed by atoms with van der Waals surface area (Å²) in [4.78, 5) is 23.7. The Morgan fingerprint density at radius 1 is 1.42 bits per heavy atom. The highest BCUT2D eigenvalue weighted by atomic mass is 35.5. The number of ketones is 1. The molecule has 0 bridgehead atoms. The normalized spacial score (nSPS) is 21.6. The predicted octanol–water partition coefficient (Wildman–Crippen LogP) is 2.75. The van der Waals surface area contributed by atoms with Crippen molar-refractivity contribution in [1.82, 2.24) is 0 Å². The third-order valence-corrected chi connectivity index (χ3v) is 4.83. The molecule has 1 amide bonds. The fourth-order valence-electron chi connectivity index (χ4n) is 2.22. The molecule has 0 aliphatic carbocycles. The molecule has 0 spiro atoms. The van der Waals surface area contributed by atoms with Crippen molar-refractivity contribution >= 4 is 40.7 Å². The number of carbonyl (C=O) groups is 2. The quantitative estimate of drug-likeness (QED) is 0.688. The number of carbonyl (C=O) groups excluding carboxylic acids is 2. The molecule has 0 radical (unpaired) electrons. The maximum atomic E-state index is 11.5. The number of ether oxygens (including phenoxy) is 1. The van der Waals surface area contributed by atoms with Gasteiger partial charge in [-0.3, -0.25) is 9.59 Å². The Hall–Kier alpha value is -1.04. The number of rotatable bonds is 3. The lowest BCUT2D eigenvalue weighted by atomic mass is 10.1. The van der Waals surface area contributed by atoms with Gasteiger partial charge in [0.25, 0.3) is 11.7 Å². The number of anilines is 1. The van der Waals surface area contributed by atoms with Gasteiger partial charge in [0, 0.05) is 17.3 Å². The summed E-state index contributed by atoms with van der Waals surface area (Å²) in [5.41, 5.74) is 0.908. The van der Waals surface area contributed by atoms with E-state index in [1.807, 2.05) is 0 Å². The van der Waals surface area contributed by atoms with Gasteiger partial charge in [-0.25, -0.2) is 0 Å². The molecule has 1 unspecified atom stereocenters. The summed E-state index contributed by atoms with van der Waals surface area (Å²) in [7, 11) is 0. The van der Waals surface area contributed by atoms with Crippen LogP contribution in [-0.4, -0.2) is 30.2 Å². The molecule has 2 aliphatic rings. The average Bonchev–Trinajstić information content (AvgIpc) is 2.98. The standard InChI is InChI=1S/C13H12ClNO3S/c14-9-4-8-10(15-13(17)12(8)16)5-11(9)19-6-7-2-1-3-18-7/h4-5,7H,1-3,6H2,(H,15,16,17). The molecule has 1 N–H and O–H groups in total. The van der Waals surface area contributed by atoms with Gasteiger partial charge < -0.3 is 10.1 Å². The van der Waals surface area contributed by atoms with E-state index in [2.05, 4.69) is 5.32 Å². The molecular formula is C13H12ClNO3S. The summed E-state index contributed by atoms with van der Waals surface area (Å²) in [6, 6.07) is 3.33. The Kier molecular flexibility index (Phi) is 3.52. The van der Waals surface area contributed by atoms with Crippen molar-refractivity contribution in [2.24, 2.45) is 0 Å². The lowest BCUT2D eigenvalue weighted by molar-refractivity contribution is -0.112. The molecule has 2 aliphatic heterocycles. The van der Waals surface area contributed by atoms with Crippen LogP contribution in [0.3, 0.4) is 0 Å². The highest BCUT2D eigenvalue weighted by Crippen LogP contribution is 2.36. The third kappa shape index (κ3) is 2.50. The minimum atomic E-state index is -0.590. The van der Waals surface area contributed by atoms with E-state index >= 15 is 0 Å². The molecule has 4 nitrogen and oxygen atoms in total. The van der Waals surface area contributed by atoms with Gasteiger partial charge in [0.15, 0.2) is 0 Å². The van der Waals surface area contributed by atoms with Gasteiger partial charge in [-0.1, -0.05) is 11.6 Å². The molecule has 1 aromatic rings. The van der Waals surface area contributed by atoms with Crippen LogP contribution in [0.2, 0.25) is 5.02 Å². The van der Waals surface area contributed by atoms with Gasteiger partial charge in [-0.05, 0) is 25.0 Å². The van der Waals surface area contributed by atoms with Crippen LogP contribution in [0.5, 0.6) is 0 Å². The monoisotopic (exact) mass is 297 g/mol. The van der Waals surface area contributed by atoms with E-state index in [9.17, 15) is 9.59 Å². The van der Waals surface area contributed by atoms with E-state index in [4.69, 9.17) is 16.3 Å². The zero-order chi connectivity index (χ0) is 13.4. The summed E-state index contributed by atoms with van der Waals surface area (Å²) in [5.74, 6) is -0.277. The van der Waals surface area contributed by atoms with Gasteiger partial charge >= 0.3 is 0 Å². The maximum Gasteiger partial charge on any atom is 0.296 e. The van der Waals surface area contributed by atoms with Crippen LogP contribution in [-0.2, 0) is 9.53 Å². The Morgan fingerprint density at radius 2 is 2.26 bits per heavy atom. The molecule has 2 heterocycles. The second kappa shape index (κ2) is 5.15. The number of Topliss-reactive ketones (excluding diaryl/α,β-unsaturated/α-hetero) is 1. The molecular weight excluding hydrogens is 286 g/mol. The molecule has 1 atom stereocenters. The second-order valence-electron chi connectivity index (χ2n) is 4.56. The van der Waals surface area contributed by atoms with Crippen LogP contribution >= 0.6 is 23.4 Å². The van der Waals surface area contributed by atoms with Crippen LogP contribution in [0.15, 0.2) is 17.0 Å². The largest absolute Gasteiger partial charge is 0.377 e. The van der Waals surface area contributed by atoms with Crippen molar-refractivity contribution in [3.05, 3.63) is 22.7 Å². The summed E-state index contributed by atoms with van der Waals surface area (Å²) >= 11 is 7.75. The van der Waals surface area contributed by atoms with Gasteiger partial charge in [-0.2, -0.15) is 0 Å². The Balaban J connectivity index is 1.77. The smallest absolute Gasteiger partial charge is 0.296 e. The van der Waals surface area contributed by atoms with E-state index in [1.54, 1.807) is 23.9 Å². The lowest BCUT2D eigenvalue weighted by Gasteiger charge is -2.10. The molecule has 0 aromatic heterocycles. The fourth-order valence-corrected chi connectivity index (χ4v) is 3.57. The number of nitrogens with one attached hydrogen (secondary N) is 1. The van der Waals surface area contributed by atoms with Crippen molar-refractivity contribution < 1.29 is 14.3 Å². The topological polar surface area (TPSA) is 55.4 Å². The van der Waals surface area contributed by atoms with E-state index in [1.165, 1.54) is 0 Å². The van der Waals surface area contributed by atoms with Crippen molar-refractivity contribution in [1.29, 1.82) is 0 Å². The minimum Gasteiger partial charge on any atom is -0.377 e. The van der Waals surface area contributed by atoms with Crippen molar-refractivity contribution in [2.75, 3.05) is 17.7 Å². The van der Waals surface area contributed by atoms with E-state index in [-0.39, 0.29) is 6.10 Å². The SMILES string of the molecule is O=C1Nc2cc(SCC3CCCO3)c(Cl)cc2C1=O. The van der Waals surface area contributed by atoms with Crippen LogP contribution in [0.1, 0.15) is 23.2 Å². The summed E-state index contributed by atoms with van der Waals surface area (Å²) < 4.78 is 5.55. The van der Waals surface area contributed by atoms with Gasteiger partial charge in [-0.15, -0.1) is 11.8 Å². The number of halogens is 1. The van der Waals surface area contributed by atoms with Crippen LogP contribution in [0, 0.1) is 0 Å². The molecule has 19 heavy (non-hydrogen) atoms. The number of amides is 1. The highest BCUT2D eigenvalue weighted by molar-refractivity contribution is 7.99. The molecule has 1 saturated heterocycles. The van der Waals surface area contributed by atoms with Crippen LogP contribution < -0.4 is 5.32 Å². The first-order valence-electron chi connectivity index (χ1n) is 6.09. The third-order valence-electron chi connectivity index (χ3n) is 3.22. The molecule has 0 saturated carbocycles. The van der Waals surface area contributed by atoms with E-state index in [0.717, 1.165) is 30.1 Å². The Labute approximate surface area is 119 Å². The van der Waals surface area contributed by atoms with Crippen LogP contribution in [0.25, 0.3) is 0 Å². The summed E-state index contributed by atoms with van der Waals surface area (Å²) in [5, 5.41) is 3.06. The van der Waals surface area contributed by atoms with Gasteiger partial charge in [0.2, 0.25) is 0 Å². The Morgan fingerprint density at radius 3 is 3.00 bits per heavy atom. The average molecular weight is 298 g/mol. The van der Waals surface area contributed by atoms with E-state index in [0.29, 0.717) is 16.3 Å². The zero-order valence-corrected chi connectivity index (χ0v) is 11.6. The zero-order valence-electron chi connectivity index (χ0n) is 10.1. The van der Waals surface area contributed by atoms with Gasteiger partial charge in [0.05, 0.1) is 22.4 Å². The molecule has 1 aromatic carbocycles. The lowest BCUT2D eigenvalue weighted by Crippen LogP contribution is -2.12. The number of benzene rings is 1. The number of fused-ring (bicyclic) bond motifs is 1. The number of hydrogen-bond acceptors (Lipinski definition) is 4. The molecule has 6 heteroatoms.